The van der Waals surface area contributed by atoms with E-state index in [0.717, 1.165) is 10.4 Å². The van der Waals surface area contributed by atoms with Gasteiger partial charge < -0.3 is 21.6 Å². The van der Waals surface area contributed by atoms with E-state index in [1.54, 1.807) is 44.4 Å². The lowest BCUT2D eigenvalue weighted by atomic mass is 9.85. The van der Waals surface area contributed by atoms with Crippen molar-refractivity contribution in [3.05, 3.63) is 53.2 Å². The van der Waals surface area contributed by atoms with E-state index in [0.29, 0.717) is 33.9 Å². The van der Waals surface area contributed by atoms with Gasteiger partial charge in [-0.3, -0.25) is 19.6 Å². The van der Waals surface area contributed by atoms with E-state index in [4.69, 9.17) is 10.9 Å². The van der Waals surface area contributed by atoms with Crippen molar-refractivity contribution in [2.45, 2.75) is 80.3 Å². The third-order valence-electron chi connectivity index (χ3n) is 6.43. The van der Waals surface area contributed by atoms with Gasteiger partial charge in [-0.2, -0.15) is 5.10 Å². The molecule has 0 spiro atoms. The molecule has 3 aromatic heterocycles. The highest BCUT2D eigenvalue weighted by Gasteiger charge is 2.18. The van der Waals surface area contributed by atoms with Crippen LogP contribution in [-0.2, 0) is 16.2 Å². The highest BCUT2D eigenvalue weighted by molar-refractivity contribution is 7.15. The van der Waals surface area contributed by atoms with Gasteiger partial charge in [0.1, 0.15) is 5.01 Å². The van der Waals surface area contributed by atoms with Crippen LogP contribution in [0.3, 0.4) is 0 Å². The molecule has 0 aliphatic carbocycles. The van der Waals surface area contributed by atoms with Crippen LogP contribution in [-0.4, -0.2) is 37.6 Å². The molecular weight excluding hydrogens is 526 g/mol. The maximum absolute atomic E-state index is 12.8. The van der Waals surface area contributed by atoms with Crippen LogP contribution in [0.25, 0.3) is 10.4 Å². The zero-order valence-electron chi connectivity index (χ0n) is 24.2. The van der Waals surface area contributed by atoms with Gasteiger partial charge in [0.15, 0.2) is 5.71 Å². The van der Waals surface area contributed by atoms with Gasteiger partial charge in [-0.15, -0.1) is 11.3 Å². The Labute approximate surface area is 240 Å². The summed E-state index contributed by atoms with van der Waals surface area (Å²) in [6.45, 7) is 12.6. The molecule has 0 aliphatic rings. The molecule has 216 valence electrons. The molecule has 3 heterocycles. The molecule has 2 amide bonds. The number of nitrogens with zero attached hydrogens (tertiary/aromatic N) is 4. The molecule has 3 aromatic rings. The Bertz CT molecular complexity index is 1290. The molecule has 0 bridgehead atoms. The summed E-state index contributed by atoms with van der Waals surface area (Å²) < 4.78 is 0. The van der Waals surface area contributed by atoms with E-state index >= 15 is 0 Å². The molecular formula is C29H41N7O3S. The zero-order chi connectivity index (χ0) is 29.7. The Morgan fingerprint density at radius 2 is 1.82 bits per heavy atom. The number of aromatic nitrogens is 3. The molecule has 0 radical (unpaired) electrons. The zero-order valence-corrected chi connectivity index (χ0v) is 25.1. The molecule has 3 rings (SSSR count). The normalized spacial score (nSPS) is 11.4. The summed E-state index contributed by atoms with van der Waals surface area (Å²) in [5.41, 5.74) is 3.05. The molecule has 40 heavy (non-hydrogen) atoms. The van der Waals surface area contributed by atoms with Crippen LogP contribution in [0.4, 0.5) is 11.4 Å². The number of aliphatic hydroxyl groups excluding tert-OH is 1. The molecule has 0 aliphatic heterocycles. The monoisotopic (exact) mass is 567 g/mol. The van der Waals surface area contributed by atoms with Crippen molar-refractivity contribution >= 4 is 40.2 Å². The molecule has 0 aromatic carbocycles. The quantitative estimate of drug-likeness (QED) is 0.132. The van der Waals surface area contributed by atoms with Crippen LogP contribution in [0, 0.1) is 12.3 Å². The molecule has 0 atom stereocenters. The van der Waals surface area contributed by atoms with Crippen LogP contribution >= 0.6 is 11.3 Å². The number of amides is 2. The molecule has 0 unspecified atom stereocenters. The van der Waals surface area contributed by atoms with E-state index < -0.39 is 5.91 Å². The first-order valence-electron chi connectivity index (χ1n) is 13.4. The van der Waals surface area contributed by atoms with Gasteiger partial charge in [0.25, 0.3) is 5.91 Å². The number of pyridine rings is 2. The minimum atomic E-state index is -0.563. The molecule has 0 saturated heterocycles. The van der Waals surface area contributed by atoms with Gasteiger partial charge in [-0.25, -0.2) is 4.98 Å². The largest absolute Gasteiger partial charge is 0.389 e. The lowest BCUT2D eigenvalue weighted by Crippen LogP contribution is -2.26. The van der Waals surface area contributed by atoms with E-state index in [1.165, 1.54) is 43.2 Å². The van der Waals surface area contributed by atoms with Crippen molar-refractivity contribution in [1.82, 2.24) is 15.0 Å². The third kappa shape index (κ3) is 9.80. The van der Waals surface area contributed by atoms with Crippen molar-refractivity contribution in [1.29, 1.82) is 0 Å². The second-order valence-electron chi connectivity index (χ2n) is 10.0. The number of hydrogen-bond donors (Lipinski definition) is 4. The van der Waals surface area contributed by atoms with Gasteiger partial charge >= 0.3 is 0 Å². The van der Waals surface area contributed by atoms with Crippen molar-refractivity contribution in [3.8, 4) is 10.4 Å². The minimum Gasteiger partial charge on any atom is -0.389 e. The number of thiazole rings is 1. The predicted octanol–water partition coefficient (Wildman–Crippen LogP) is 5.66. The summed E-state index contributed by atoms with van der Waals surface area (Å²) in [5.74, 6) is 4.73. The number of hydrazone groups is 1. The summed E-state index contributed by atoms with van der Waals surface area (Å²) in [5, 5.41) is 18.8. The predicted molar refractivity (Wildman–Crippen MR) is 162 cm³/mol. The van der Waals surface area contributed by atoms with Crippen LogP contribution in [0.15, 0.2) is 41.9 Å². The number of nitrogens with two attached hydrogens (primary N) is 1. The second kappa shape index (κ2) is 15.8. The van der Waals surface area contributed by atoms with Gasteiger partial charge in [0.2, 0.25) is 5.91 Å². The van der Waals surface area contributed by atoms with Crippen molar-refractivity contribution < 1.29 is 14.7 Å². The number of hydrogen-bond acceptors (Lipinski definition) is 9. The van der Waals surface area contributed by atoms with Crippen LogP contribution in [0.2, 0.25) is 0 Å². The smallest absolute Gasteiger partial charge is 0.278 e. The van der Waals surface area contributed by atoms with Crippen molar-refractivity contribution in [2.24, 2.45) is 16.4 Å². The molecule has 10 nitrogen and oxygen atoms in total. The van der Waals surface area contributed by atoms with E-state index in [1.807, 2.05) is 0 Å². The Balaban J connectivity index is 0.000000536. The average Bonchev–Trinajstić information content (AvgIpc) is 3.44. The van der Waals surface area contributed by atoms with Gasteiger partial charge in [0.05, 0.1) is 40.4 Å². The fourth-order valence-corrected chi connectivity index (χ4v) is 4.20. The SMILES string of the molecule is CCC(=O)Nc1cnc(C)c(NC(=O)/C(=N/N)c2ccc(-c3cnc(CO)s3)cn2)c1.CCCCC(C)(C)CC. The number of carbonyl (C=O) groups excluding carboxylic acids is 2. The molecule has 0 fully saturated rings. The summed E-state index contributed by atoms with van der Waals surface area (Å²) in [4.78, 5) is 37.8. The van der Waals surface area contributed by atoms with Crippen LogP contribution < -0.4 is 16.5 Å². The van der Waals surface area contributed by atoms with Gasteiger partial charge in [0, 0.05) is 24.4 Å². The number of anilines is 2. The Kier molecular flexibility index (Phi) is 12.8. The average molecular weight is 568 g/mol. The number of aryl methyl sites for hydroxylation is 1. The van der Waals surface area contributed by atoms with E-state index in [-0.39, 0.29) is 23.9 Å². The lowest BCUT2D eigenvalue weighted by Gasteiger charge is -2.21. The summed E-state index contributed by atoms with van der Waals surface area (Å²) >= 11 is 1.35. The van der Waals surface area contributed by atoms with Crippen molar-refractivity contribution in [2.75, 3.05) is 10.6 Å². The number of nitrogens with one attached hydrogen (secondary N) is 2. The minimum absolute atomic E-state index is 0.0608. The summed E-state index contributed by atoms with van der Waals surface area (Å²) in [7, 11) is 0. The Morgan fingerprint density at radius 3 is 2.38 bits per heavy atom. The highest BCUT2D eigenvalue weighted by Crippen LogP contribution is 2.27. The van der Waals surface area contributed by atoms with Crippen molar-refractivity contribution in [3.63, 3.8) is 0 Å². The van der Waals surface area contributed by atoms with Crippen LogP contribution in [0.1, 0.15) is 83.1 Å². The number of rotatable bonds is 11. The maximum atomic E-state index is 12.8. The molecule has 5 N–H and O–H groups in total. The third-order valence-corrected chi connectivity index (χ3v) is 7.46. The molecule has 11 heteroatoms. The fourth-order valence-electron chi connectivity index (χ4n) is 3.43. The number of aliphatic hydroxyl groups is 1. The first-order valence-corrected chi connectivity index (χ1v) is 14.3. The van der Waals surface area contributed by atoms with E-state index in [2.05, 4.69) is 58.4 Å². The van der Waals surface area contributed by atoms with Crippen LogP contribution in [0.5, 0.6) is 0 Å². The second-order valence-corrected chi connectivity index (χ2v) is 11.1. The van der Waals surface area contributed by atoms with Gasteiger partial charge in [-0.1, -0.05) is 53.9 Å². The van der Waals surface area contributed by atoms with Gasteiger partial charge in [-0.05, 0) is 37.0 Å². The Morgan fingerprint density at radius 1 is 1.07 bits per heavy atom. The summed E-state index contributed by atoms with van der Waals surface area (Å²) in [6, 6.07) is 5.01. The first kappa shape index (κ1) is 32.5. The number of carbonyl (C=O) groups is 2. The Hall–Kier alpha value is -3.70. The topological polar surface area (TPSA) is 155 Å². The number of unbranched alkanes of at least 4 members (excludes halogenated alkanes) is 1. The lowest BCUT2D eigenvalue weighted by molar-refractivity contribution is -0.116. The fraction of sp³-hybridized carbons (Fsp3) is 0.448. The maximum Gasteiger partial charge on any atom is 0.278 e. The molecule has 0 saturated carbocycles. The summed E-state index contributed by atoms with van der Waals surface area (Å²) in [6.07, 6.45) is 10.5. The van der Waals surface area contributed by atoms with E-state index in [9.17, 15) is 9.59 Å². The highest BCUT2D eigenvalue weighted by atomic mass is 32.1. The standard InChI is InChI=1S/C20H21N7O3S.C9H20/c1-3-17(29)25-13-6-15(11(2)22-8-13)26-20(30)19(27-21)14-5-4-12(7-23-14)16-9-24-18(10-28)31-16;1-5-7-8-9(3,4)6-2/h4-9,28H,3,10,21H2,1-2H3,(H,25,29)(H,26,30);5-8H2,1-4H3/b27-19+;. The first-order chi connectivity index (χ1) is 19.1.